The second-order valence-electron chi connectivity index (χ2n) is 7.84. The maximum absolute atomic E-state index is 13.4. The lowest BCUT2D eigenvalue weighted by Crippen LogP contribution is -2.42. The summed E-state index contributed by atoms with van der Waals surface area (Å²) >= 11 is 0. The van der Waals surface area contributed by atoms with Crippen molar-refractivity contribution in [2.24, 2.45) is 5.92 Å². The van der Waals surface area contributed by atoms with Crippen LogP contribution in [0.3, 0.4) is 0 Å². The van der Waals surface area contributed by atoms with Gasteiger partial charge in [0.25, 0.3) is 10.0 Å². The van der Waals surface area contributed by atoms with Crippen LogP contribution in [0.4, 0.5) is 5.69 Å². The molecule has 0 fully saturated rings. The molecule has 0 spiro atoms. The Bertz CT molecular complexity index is 927. The Morgan fingerprint density at radius 3 is 2.37 bits per heavy atom. The van der Waals surface area contributed by atoms with Gasteiger partial charge in [0, 0.05) is 6.54 Å². The van der Waals surface area contributed by atoms with Crippen LogP contribution >= 0.6 is 0 Å². The monoisotopic (exact) mass is 430 g/mol. The number of unbranched alkanes of at least 4 members (excludes halogenated alkanes) is 1. The fourth-order valence-electron chi connectivity index (χ4n) is 3.49. The molecule has 30 heavy (non-hydrogen) atoms. The lowest BCUT2D eigenvalue weighted by Gasteiger charge is -2.26. The number of sulfonamides is 1. The van der Waals surface area contributed by atoms with E-state index in [0.29, 0.717) is 18.2 Å². The first-order valence-electron chi connectivity index (χ1n) is 10.7. The van der Waals surface area contributed by atoms with E-state index in [1.54, 1.807) is 36.4 Å². The number of carbonyl (C=O) groups is 1. The van der Waals surface area contributed by atoms with Gasteiger partial charge < -0.3 is 5.32 Å². The highest BCUT2D eigenvalue weighted by Gasteiger charge is 2.28. The summed E-state index contributed by atoms with van der Waals surface area (Å²) in [6, 6.07) is 13.8. The number of anilines is 1. The van der Waals surface area contributed by atoms with Crippen molar-refractivity contribution in [2.75, 3.05) is 17.4 Å². The summed E-state index contributed by atoms with van der Waals surface area (Å²) in [5.41, 5.74) is 2.38. The van der Waals surface area contributed by atoms with E-state index in [1.807, 2.05) is 26.0 Å². The molecule has 0 saturated carbocycles. The molecule has 0 heterocycles. The van der Waals surface area contributed by atoms with Gasteiger partial charge in [-0.05, 0) is 49.9 Å². The van der Waals surface area contributed by atoms with E-state index < -0.39 is 10.0 Å². The van der Waals surface area contributed by atoms with Gasteiger partial charge in [-0.15, -0.1) is 0 Å². The molecule has 2 rings (SSSR count). The topological polar surface area (TPSA) is 66.5 Å². The number of aryl methyl sites for hydroxylation is 2. The van der Waals surface area contributed by atoms with Crippen molar-refractivity contribution in [1.82, 2.24) is 5.32 Å². The zero-order valence-electron chi connectivity index (χ0n) is 18.5. The van der Waals surface area contributed by atoms with Crippen LogP contribution in [0.2, 0.25) is 0 Å². The third-order valence-corrected chi connectivity index (χ3v) is 7.14. The smallest absolute Gasteiger partial charge is 0.264 e. The van der Waals surface area contributed by atoms with E-state index in [0.717, 1.165) is 36.8 Å². The summed E-state index contributed by atoms with van der Waals surface area (Å²) in [5, 5.41) is 2.95. The van der Waals surface area contributed by atoms with Crippen LogP contribution in [0.25, 0.3) is 0 Å². The maximum atomic E-state index is 13.4. The Balaban J connectivity index is 2.27. The average Bonchev–Trinajstić information content (AvgIpc) is 2.73. The van der Waals surface area contributed by atoms with Crippen molar-refractivity contribution in [3.8, 4) is 0 Å². The van der Waals surface area contributed by atoms with Gasteiger partial charge in [-0.1, -0.05) is 69.0 Å². The quantitative estimate of drug-likeness (QED) is 0.555. The SMILES string of the molecule is CCCC[C@H](CC)CNC(=O)CN(c1ccc(C)cc1C)S(=O)(=O)c1ccccc1. The number of hydrogen-bond acceptors (Lipinski definition) is 3. The van der Waals surface area contributed by atoms with Gasteiger partial charge in [0.15, 0.2) is 0 Å². The highest BCUT2D eigenvalue weighted by Crippen LogP contribution is 2.27. The minimum absolute atomic E-state index is 0.173. The van der Waals surface area contributed by atoms with Crippen molar-refractivity contribution in [1.29, 1.82) is 0 Å². The predicted octanol–water partition coefficient (Wildman–Crippen LogP) is 4.83. The van der Waals surface area contributed by atoms with Crippen molar-refractivity contribution in [3.05, 3.63) is 59.7 Å². The van der Waals surface area contributed by atoms with Crippen molar-refractivity contribution in [2.45, 2.75) is 58.3 Å². The second-order valence-corrected chi connectivity index (χ2v) is 9.70. The zero-order valence-corrected chi connectivity index (χ0v) is 19.3. The molecular weight excluding hydrogens is 396 g/mol. The van der Waals surface area contributed by atoms with Gasteiger partial charge in [-0.2, -0.15) is 0 Å². The second kappa shape index (κ2) is 11.2. The summed E-state index contributed by atoms with van der Waals surface area (Å²) in [7, 11) is -3.87. The molecule has 5 nitrogen and oxygen atoms in total. The highest BCUT2D eigenvalue weighted by molar-refractivity contribution is 7.92. The molecule has 1 N–H and O–H groups in total. The van der Waals surface area contributed by atoms with Crippen LogP contribution in [-0.4, -0.2) is 27.4 Å². The molecule has 2 aromatic carbocycles. The van der Waals surface area contributed by atoms with E-state index in [4.69, 9.17) is 0 Å². The molecule has 0 aliphatic heterocycles. The summed E-state index contributed by atoms with van der Waals surface area (Å²) in [5.74, 6) is 0.124. The number of rotatable bonds is 11. The number of carbonyl (C=O) groups excluding carboxylic acids is 1. The molecule has 0 radical (unpaired) electrons. The Labute approximate surface area is 181 Å². The first-order chi connectivity index (χ1) is 14.3. The van der Waals surface area contributed by atoms with Crippen LogP contribution < -0.4 is 9.62 Å². The third-order valence-electron chi connectivity index (χ3n) is 5.37. The molecular formula is C24H34N2O3S. The summed E-state index contributed by atoms with van der Waals surface area (Å²) < 4.78 is 28.0. The summed E-state index contributed by atoms with van der Waals surface area (Å²) in [6.07, 6.45) is 4.31. The van der Waals surface area contributed by atoms with Crippen molar-refractivity contribution in [3.63, 3.8) is 0 Å². The number of nitrogens with zero attached hydrogens (tertiary/aromatic N) is 1. The zero-order chi connectivity index (χ0) is 22.1. The van der Waals surface area contributed by atoms with E-state index in [1.165, 1.54) is 4.31 Å². The fraction of sp³-hybridized carbons (Fsp3) is 0.458. The van der Waals surface area contributed by atoms with E-state index in [-0.39, 0.29) is 17.3 Å². The first-order valence-corrected chi connectivity index (χ1v) is 12.1. The van der Waals surface area contributed by atoms with Crippen LogP contribution in [0.15, 0.2) is 53.4 Å². The maximum Gasteiger partial charge on any atom is 0.264 e. The highest BCUT2D eigenvalue weighted by atomic mass is 32.2. The van der Waals surface area contributed by atoms with Gasteiger partial charge in [-0.3, -0.25) is 9.10 Å². The molecule has 6 heteroatoms. The van der Waals surface area contributed by atoms with Crippen LogP contribution in [0, 0.1) is 19.8 Å². The minimum Gasteiger partial charge on any atom is -0.354 e. The van der Waals surface area contributed by atoms with Gasteiger partial charge in [0.2, 0.25) is 5.91 Å². The standard InChI is InChI=1S/C24H34N2O3S/c1-5-7-11-21(6-2)17-25-24(27)18-26(23-15-14-19(3)16-20(23)4)30(28,29)22-12-9-8-10-13-22/h8-10,12-16,21H,5-7,11,17-18H2,1-4H3,(H,25,27)/t21-/m0/s1. The van der Waals surface area contributed by atoms with Crippen molar-refractivity contribution < 1.29 is 13.2 Å². The van der Waals surface area contributed by atoms with E-state index in [2.05, 4.69) is 19.2 Å². The summed E-state index contributed by atoms with van der Waals surface area (Å²) in [4.78, 5) is 12.9. The molecule has 0 bridgehead atoms. The molecule has 0 aromatic heterocycles. The Kier molecular flexibility index (Phi) is 8.90. The molecule has 164 valence electrons. The number of amides is 1. The Hall–Kier alpha value is -2.34. The lowest BCUT2D eigenvalue weighted by molar-refractivity contribution is -0.119. The predicted molar refractivity (Wildman–Crippen MR) is 123 cm³/mol. The van der Waals surface area contributed by atoms with Crippen molar-refractivity contribution >= 4 is 21.6 Å². The van der Waals surface area contributed by atoms with Gasteiger partial charge in [-0.25, -0.2) is 8.42 Å². The molecule has 1 atom stereocenters. The molecule has 0 aliphatic carbocycles. The van der Waals surface area contributed by atoms with Crippen LogP contribution in [0.1, 0.15) is 50.7 Å². The molecule has 0 aliphatic rings. The number of hydrogen-bond donors (Lipinski definition) is 1. The minimum atomic E-state index is -3.87. The van der Waals surface area contributed by atoms with Gasteiger partial charge in [0.1, 0.15) is 6.54 Å². The lowest BCUT2D eigenvalue weighted by atomic mass is 9.99. The van der Waals surface area contributed by atoms with Gasteiger partial charge in [0.05, 0.1) is 10.6 Å². The number of nitrogens with one attached hydrogen (secondary N) is 1. The molecule has 0 unspecified atom stereocenters. The molecule has 2 aromatic rings. The number of benzene rings is 2. The average molecular weight is 431 g/mol. The summed E-state index contributed by atoms with van der Waals surface area (Å²) in [6.45, 7) is 8.43. The third kappa shape index (κ3) is 6.33. The van der Waals surface area contributed by atoms with E-state index in [9.17, 15) is 13.2 Å². The largest absolute Gasteiger partial charge is 0.354 e. The Morgan fingerprint density at radius 2 is 1.77 bits per heavy atom. The fourth-order valence-corrected chi connectivity index (χ4v) is 5.00. The van der Waals surface area contributed by atoms with Crippen LogP contribution in [0.5, 0.6) is 0 Å². The Morgan fingerprint density at radius 1 is 1.07 bits per heavy atom. The van der Waals surface area contributed by atoms with Crippen LogP contribution in [-0.2, 0) is 14.8 Å². The molecule has 0 saturated heterocycles. The van der Waals surface area contributed by atoms with E-state index >= 15 is 0 Å². The normalized spacial score (nSPS) is 12.4. The first kappa shape index (κ1) is 23.9. The molecule has 1 amide bonds. The van der Waals surface area contributed by atoms with Gasteiger partial charge >= 0.3 is 0 Å².